The van der Waals surface area contributed by atoms with Crippen LogP contribution >= 0.6 is 0 Å². The Morgan fingerprint density at radius 1 is 1.30 bits per heavy atom. The first-order valence-corrected chi connectivity index (χ1v) is 6.08. The third-order valence-corrected chi connectivity index (χ3v) is 3.21. The molecule has 3 nitrogen and oxygen atoms in total. The van der Waals surface area contributed by atoms with Crippen molar-refractivity contribution in [2.75, 3.05) is 5.01 Å². The molecule has 0 radical (unpaired) electrons. The molecule has 0 aromatic heterocycles. The Kier molecular flexibility index (Phi) is 3.49. The first kappa shape index (κ1) is 14.8. The van der Waals surface area contributed by atoms with Crippen LogP contribution in [0.5, 0.6) is 0 Å². The highest BCUT2D eigenvalue weighted by molar-refractivity contribution is 5.91. The summed E-state index contributed by atoms with van der Waals surface area (Å²) in [5, 5.41) is 14.1. The summed E-state index contributed by atoms with van der Waals surface area (Å²) in [6.45, 7) is 3.33. The molecule has 20 heavy (non-hydrogen) atoms. The van der Waals surface area contributed by atoms with Gasteiger partial charge in [0.25, 0.3) is 5.72 Å². The third kappa shape index (κ3) is 2.26. The van der Waals surface area contributed by atoms with Gasteiger partial charge in [-0.05, 0) is 18.1 Å². The molecule has 2 rings (SSSR count). The van der Waals surface area contributed by atoms with Crippen LogP contribution in [0.15, 0.2) is 29.4 Å². The second-order valence-corrected chi connectivity index (χ2v) is 5.00. The van der Waals surface area contributed by atoms with Crippen molar-refractivity contribution >= 4 is 11.4 Å². The smallest absolute Gasteiger partial charge is 0.362 e. The minimum atomic E-state index is -4.95. The van der Waals surface area contributed by atoms with E-state index in [0.29, 0.717) is 5.01 Å². The van der Waals surface area contributed by atoms with Gasteiger partial charge in [0.15, 0.2) is 0 Å². The largest absolute Gasteiger partial charge is 0.438 e. The molecular weight excluding hydrogens is 276 g/mol. The Labute approximate surface area is 113 Å². The normalized spacial score (nSPS) is 23.4. The van der Waals surface area contributed by atoms with Crippen molar-refractivity contribution in [1.82, 2.24) is 0 Å². The molecule has 0 aliphatic carbocycles. The monoisotopic (exact) mass is 290 g/mol. The van der Waals surface area contributed by atoms with E-state index in [0.717, 1.165) is 12.1 Å². The zero-order valence-corrected chi connectivity index (χ0v) is 10.9. The van der Waals surface area contributed by atoms with E-state index in [1.807, 2.05) is 0 Å². The minimum Gasteiger partial charge on any atom is -0.362 e. The van der Waals surface area contributed by atoms with Crippen LogP contribution in [0.2, 0.25) is 0 Å². The van der Waals surface area contributed by atoms with Gasteiger partial charge in [-0.1, -0.05) is 26.0 Å². The summed E-state index contributed by atoms with van der Waals surface area (Å²) in [7, 11) is 0. The molecular formula is C13H14F4N2O. The number of para-hydroxylation sites is 1. The maximum absolute atomic E-state index is 13.7. The van der Waals surface area contributed by atoms with Gasteiger partial charge in [-0.25, -0.2) is 9.40 Å². The van der Waals surface area contributed by atoms with Crippen LogP contribution in [0.3, 0.4) is 0 Å². The van der Waals surface area contributed by atoms with Gasteiger partial charge < -0.3 is 5.11 Å². The molecule has 1 N–H and O–H groups in total. The number of hydrogen-bond donors (Lipinski definition) is 1. The van der Waals surface area contributed by atoms with Crippen LogP contribution < -0.4 is 5.01 Å². The van der Waals surface area contributed by atoms with Gasteiger partial charge in [-0.3, -0.25) is 0 Å². The lowest BCUT2D eigenvalue weighted by Crippen LogP contribution is -2.55. The predicted molar refractivity (Wildman–Crippen MR) is 66.8 cm³/mol. The van der Waals surface area contributed by atoms with E-state index in [-0.39, 0.29) is 11.6 Å². The lowest BCUT2D eigenvalue weighted by atomic mass is 9.99. The Morgan fingerprint density at radius 3 is 2.40 bits per heavy atom. The van der Waals surface area contributed by atoms with Crippen molar-refractivity contribution in [2.45, 2.75) is 32.2 Å². The quantitative estimate of drug-likeness (QED) is 0.848. The van der Waals surface area contributed by atoms with Crippen LogP contribution in [0, 0.1) is 11.7 Å². The Bertz CT molecular complexity index is 541. The molecule has 0 saturated carbocycles. The third-order valence-electron chi connectivity index (χ3n) is 3.21. The van der Waals surface area contributed by atoms with E-state index in [2.05, 4.69) is 5.10 Å². The molecule has 1 atom stereocenters. The number of alkyl halides is 3. The summed E-state index contributed by atoms with van der Waals surface area (Å²) >= 11 is 0. The van der Waals surface area contributed by atoms with Gasteiger partial charge in [-0.2, -0.15) is 18.3 Å². The highest BCUT2D eigenvalue weighted by Crippen LogP contribution is 2.44. The molecule has 1 heterocycles. The second kappa shape index (κ2) is 4.73. The van der Waals surface area contributed by atoms with Crippen LogP contribution in [0.1, 0.15) is 20.3 Å². The summed E-state index contributed by atoms with van der Waals surface area (Å²) in [5.74, 6) is -1.15. The fourth-order valence-electron chi connectivity index (χ4n) is 1.99. The summed E-state index contributed by atoms with van der Waals surface area (Å²) in [5.41, 5.74) is -3.44. The highest BCUT2D eigenvalue weighted by Gasteiger charge is 2.62. The number of halogens is 4. The van der Waals surface area contributed by atoms with E-state index in [4.69, 9.17) is 0 Å². The zero-order chi connectivity index (χ0) is 15.1. The van der Waals surface area contributed by atoms with Crippen molar-refractivity contribution in [3.8, 4) is 0 Å². The molecule has 1 aliphatic heterocycles. The van der Waals surface area contributed by atoms with Crippen molar-refractivity contribution in [3.05, 3.63) is 30.1 Å². The summed E-state index contributed by atoms with van der Waals surface area (Å²) < 4.78 is 53.2. The van der Waals surface area contributed by atoms with E-state index in [1.54, 1.807) is 13.8 Å². The highest BCUT2D eigenvalue weighted by atomic mass is 19.4. The Morgan fingerprint density at radius 2 is 1.90 bits per heavy atom. The topological polar surface area (TPSA) is 35.8 Å². The molecule has 0 bridgehead atoms. The fraction of sp³-hybridized carbons (Fsp3) is 0.462. The van der Waals surface area contributed by atoms with E-state index >= 15 is 0 Å². The molecule has 0 spiro atoms. The van der Waals surface area contributed by atoms with Gasteiger partial charge >= 0.3 is 6.18 Å². The number of rotatable bonds is 2. The Balaban J connectivity index is 2.54. The predicted octanol–water partition coefficient (Wildman–Crippen LogP) is 3.30. The first-order valence-electron chi connectivity index (χ1n) is 6.08. The molecule has 7 heteroatoms. The number of nitrogens with zero attached hydrogens (tertiary/aromatic N) is 2. The summed E-state index contributed by atoms with van der Waals surface area (Å²) in [4.78, 5) is 0. The van der Waals surface area contributed by atoms with Gasteiger partial charge in [0, 0.05) is 12.1 Å². The molecule has 1 aliphatic rings. The van der Waals surface area contributed by atoms with E-state index in [1.165, 1.54) is 12.1 Å². The SMILES string of the molecule is CC(C)C1=NN(c2ccccc2F)C(O)(C(F)(F)F)C1. The average Bonchev–Trinajstić information content (AvgIpc) is 2.69. The molecule has 110 valence electrons. The van der Waals surface area contributed by atoms with Crippen molar-refractivity contribution < 1.29 is 22.7 Å². The molecule has 1 unspecified atom stereocenters. The second-order valence-electron chi connectivity index (χ2n) is 5.00. The molecule has 0 fully saturated rings. The van der Waals surface area contributed by atoms with E-state index < -0.39 is 29.8 Å². The molecule has 1 aromatic carbocycles. The lowest BCUT2D eigenvalue weighted by Gasteiger charge is -2.34. The molecule has 1 aromatic rings. The number of benzene rings is 1. The van der Waals surface area contributed by atoms with E-state index in [9.17, 15) is 22.7 Å². The summed E-state index contributed by atoms with van der Waals surface area (Å²) in [6.07, 6.45) is -5.64. The van der Waals surface area contributed by atoms with Gasteiger partial charge in [0.05, 0.1) is 5.69 Å². The van der Waals surface area contributed by atoms with Gasteiger partial charge in [-0.15, -0.1) is 0 Å². The maximum Gasteiger partial charge on any atom is 0.438 e. The maximum atomic E-state index is 13.7. The van der Waals surface area contributed by atoms with Gasteiger partial charge in [0.1, 0.15) is 5.82 Å². The molecule has 0 saturated heterocycles. The number of hydrazone groups is 1. The van der Waals surface area contributed by atoms with Crippen LogP contribution in [0.4, 0.5) is 23.2 Å². The molecule has 0 amide bonds. The minimum absolute atomic E-state index is 0.174. The number of aliphatic hydroxyl groups is 1. The van der Waals surface area contributed by atoms with Crippen molar-refractivity contribution in [3.63, 3.8) is 0 Å². The Hall–Kier alpha value is -1.63. The van der Waals surface area contributed by atoms with Crippen LogP contribution in [-0.2, 0) is 0 Å². The number of anilines is 1. The van der Waals surface area contributed by atoms with Gasteiger partial charge in [0.2, 0.25) is 0 Å². The van der Waals surface area contributed by atoms with Crippen LogP contribution in [-0.4, -0.2) is 22.7 Å². The van der Waals surface area contributed by atoms with Crippen LogP contribution in [0.25, 0.3) is 0 Å². The first-order chi connectivity index (χ1) is 9.17. The van der Waals surface area contributed by atoms with Crippen molar-refractivity contribution in [2.24, 2.45) is 11.0 Å². The number of hydrogen-bond acceptors (Lipinski definition) is 3. The lowest BCUT2D eigenvalue weighted by molar-refractivity contribution is -0.254. The standard InChI is InChI=1S/C13H14F4N2O/c1-8(2)10-7-12(20,13(15,16)17)19(18-10)11-6-4-3-5-9(11)14/h3-6,8,20H,7H2,1-2H3. The van der Waals surface area contributed by atoms with Crippen molar-refractivity contribution in [1.29, 1.82) is 0 Å². The fourth-order valence-corrected chi connectivity index (χ4v) is 1.99. The average molecular weight is 290 g/mol. The summed E-state index contributed by atoms with van der Waals surface area (Å²) in [6, 6.07) is 4.92. The zero-order valence-electron chi connectivity index (χ0n) is 10.9.